The second-order valence-electron chi connectivity index (χ2n) is 1.23. The van der Waals surface area contributed by atoms with Crippen molar-refractivity contribution >= 4 is 6.21 Å². The summed E-state index contributed by atoms with van der Waals surface area (Å²) < 4.78 is 0. The van der Waals surface area contributed by atoms with E-state index in [9.17, 15) is 0 Å². The molecule has 0 heterocycles. The van der Waals surface area contributed by atoms with Gasteiger partial charge in [0.15, 0.2) is 0 Å². The molecule has 0 aromatic heterocycles. The fourth-order valence-corrected chi connectivity index (χ4v) is 0.220. The molecule has 0 aliphatic heterocycles. The number of aliphatic imine (C=N–C) groups is 1. The van der Waals surface area contributed by atoms with E-state index in [1.54, 1.807) is 13.3 Å². The molecule has 46 valence electrons. The Morgan fingerprint density at radius 3 is 1.88 bits per heavy atom. The zero-order chi connectivity index (χ0) is 6.99. The predicted molar refractivity (Wildman–Crippen MR) is 40.5 cm³/mol. The Morgan fingerprint density at radius 1 is 1.50 bits per heavy atom. The normalized spacial score (nSPS) is 7.75. The lowest BCUT2D eigenvalue weighted by Crippen LogP contribution is -1.68. The van der Waals surface area contributed by atoms with E-state index in [0.717, 1.165) is 5.57 Å². The minimum absolute atomic E-state index is 0.998. The van der Waals surface area contributed by atoms with Gasteiger partial charge in [-0.3, -0.25) is 4.99 Å². The molecule has 8 heavy (non-hydrogen) atoms. The van der Waals surface area contributed by atoms with Crippen molar-refractivity contribution in [3.8, 4) is 0 Å². The molecule has 0 radical (unpaired) electrons. The first-order valence-corrected chi connectivity index (χ1v) is 2.35. The molecule has 0 saturated carbocycles. The number of hydrogen-bond acceptors (Lipinski definition) is 1. The molecule has 0 fully saturated rings. The van der Waals surface area contributed by atoms with Crippen molar-refractivity contribution < 1.29 is 0 Å². The lowest BCUT2D eigenvalue weighted by atomic mass is 10.4. The van der Waals surface area contributed by atoms with Crippen LogP contribution in [-0.4, -0.2) is 13.3 Å². The minimum atomic E-state index is 0.998. The molecule has 0 aliphatic carbocycles. The van der Waals surface area contributed by atoms with E-state index in [2.05, 4.69) is 24.7 Å². The van der Waals surface area contributed by atoms with Crippen LogP contribution in [-0.2, 0) is 0 Å². The lowest BCUT2D eigenvalue weighted by molar-refractivity contribution is 1.45. The Hall–Kier alpha value is -0.850. The molecule has 0 atom stereocenters. The third kappa shape index (κ3) is 19.2. The zero-order valence-corrected chi connectivity index (χ0v) is 5.65. The maximum atomic E-state index is 3.71. The van der Waals surface area contributed by atoms with Gasteiger partial charge >= 0.3 is 0 Å². The maximum absolute atomic E-state index is 3.71. The van der Waals surface area contributed by atoms with E-state index in [1.165, 1.54) is 0 Å². The van der Waals surface area contributed by atoms with E-state index in [0.29, 0.717) is 0 Å². The summed E-state index contributed by atoms with van der Waals surface area (Å²) in [7, 11) is 1.73. The van der Waals surface area contributed by atoms with Crippen molar-refractivity contribution in [3.05, 3.63) is 25.3 Å². The summed E-state index contributed by atoms with van der Waals surface area (Å²) in [5.74, 6) is 0. The first-order valence-electron chi connectivity index (χ1n) is 2.35. The van der Waals surface area contributed by atoms with E-state index < -0.39 is 0 Å². The van der Waals surface area contributed by atoms with Crippen LogP contribution >= 0.6 is 0 Å². The number of hydrogen-bond donors (Lipinski definition) is 0. The van der Waals surface area contributed by atoms with Gasteiger partial charge in [0.2, 0.25) is 0 Å². The van der Waals surface area contributed by atoms with Crippen LogP contribution in [0.5, 0.6) is 0 Å². The Balaban J connectivity index is 0. The van der Waals surface area contributed by atoms with Gasteiger partial charge in [-0.1, -0.05) is 6.58 Å². The highest BCUT2D eigenvalue weighted by molar-refractivity contribution is 5.76. The molecule has 0 rings (SSSR count). The van der Waals surface area contributed by atoms with E-state index in [4.69, 9.17) is 0 Å². The second-order valence-corrected chi connectivity index (χ2v) is 1.23. The summed E-state index contributed by atoms with van der Waals surface area (Å²) in [6.45, 7) is 11.5. The van der Waals surface area contributed by atoms with Crippen molar-refractivity contribution in [1.29, 1.82) is 0 Å². The maximum Gasteiger partial charge on any atom is 0.0277 e. The predicted octanol–water partition coefficient (Wildman–Crippen LogP) is 2.07. The third-order valence-electron chi connectivity index (χ3n) is 0.349. The van der Waals surface area contributed by atoms with Gasteiger partial charge in [-0.2, -0.15) is 0 Å². The monoisotopic (exact) mass is 111 g/mol. The summed E-state index contributed by atoms with van der Waals surface area (Å²) in [6.07, 6.45) is 1.72. The molecule has 0 amide bonds. The zero-order valence-electron chi connectivity index (χ0n) is 5.65. The van der Waals surface area contributed by atoms with Crippen molar-refractivity contribution in [3.63, 3.8) is 0 Å². The Bertz CT molecular complexity index is 82.4. The number of nitrogens with zero attached hydrogens (tertiary/aromatic N) is 1. The minimum Gasteiger partial charge on any atom is -0.296 e. The van der Waals surface area contributed by atoms with Gasteiger partial charge in [-0.25, -0.2) is 0 Å². The molecule has 0 bridgehead atoms. The summed E-state index contributed by atoms with van der Waals surface area (Å²) >= 11 is 0. The molecule has 0 unspecified atom stereocenters. The van der Waals surface area contributed by atoms with Gasteiger partial charge in [-0.05, 0) is 12.5 Å². The topological polar surface area (TPSA) is 12.4 Å². The van der Waals surface area contributed by atoms with Crippen molar-refractivity contribution in [2.24, 2.45) is 4.99 Å². The number of rotatable bonds is 1. The van der Waals surface area contributed by atoms with Crippen LogP contribution in [0.1, 0.15) is 6.92 Å². The van der Waals surface area contributed by atoms with Crippen LogP contribution in [0.25, 0.3) is 0 Å². The van der Waals surface area contributed by atoms with Gasteiger partial charge < -0.3 is 0 Å². The summed E-state index contributed by atoms with van der Waals surface area (Å²) in [5.41, 5.74) is 0.998. The molecule has 0 saturated heterocycles. The molecule has 1 heteroatoms. The van der Waals surface area contributed by atoms with Gasteiger partial charge in [0.25, 0.3) is 0 Å². The molecule has 0 spiro atoms. The molecule has 0 N–H and O–H groups in total. The first kappa shape index (κ1) is 10.2. The molecule has 0 aliphatic rings. The summed E-state index contributed by atoms with van der Waals surface area (Å²) in [5, 5.41) is 0. The van der Waals surface area contributed by atoms with Gasteiger partial charge in [0.05, 0.1) is 0 Å². The van der Waals surface area contributed by atoms with Gasteiger partial charge in [0, 0.05) is 13.3 Å². The van der Waals surface area contributed by atoms with Crippen LogP contribution in [0.15, 0.2) is 30.3 Å². The van der Waals surface area contributed by atoms with E-state index in [-0.39, 0.29) is 0 Å². The average Bonchev–Trinajstić information content (AvgIpc) is 1.72. The SMILES string of the molecule is C=C.C=C(C)C=NC. The van der Waals surface area contributed by atoms with Crippen LogP contribution in [0, 0.1) is 0 Å². The van der Waals surface area contributed by atoms with Gasteiger partial charge in [0.1, 0.15) is 0 Å². The molecular weight excluding hydrogens is 98.1 g/mol. The van der Waals surface area contributed by atoms with Crippen molar-refractivity contribution in [2.75, 3.05) is 7.05 Å². The van der Waals surface area contributed by atoms with Crippen LogP contribution in [0.4, 0.5) is 0 Å². The molecule has 0 aromatic carbocycles. The van der Waals surface area contributed by atoms with Crippen LogP contribution in [0.2, 0.25) is 0 Å². The summed E-state index contributed by atoms with van der Waals surface area (Å²) in [6, 6.07) is 0. The van der Waals surface area contributed by atoms with E-state index >= 15 is 0 Å². The third-order valence-corrected chi connectivity index (χ3v) is 0.349. The van der Waals surface area contributed by atoms with E-state index in [1.807, 2.05) is 6.92 Å². The van der Waals surface area contributed by atoms with Crippen LogP contribution < -0.4 is 0 Å². The smallest absolute Gasteiger partial charge is 0.0277 e. The van der Waals surface area contributed by atoms with Crippen molar-refractivity contribution in [2.45, 2.75) is 6.92 Å². The highest BCUT2D eigenvalue weighted by Gasteiger charge is 1.65. The average molecular weight is 111 g/mol. The number of allylic oxidation sites excluding steroid dienone is 1. The Labute approximate surface area is 51.5 Å². The molecule has 1 nitrogen and oxygen atoms in total. The van der Waals surface area contributed by atoms with Gasteiger partial charge in [-0.15, -0.1) is 13.2 Å². The molecular formula is C7H13N. The largest absolute Gasteiger partial charge is 0.296 e. The standard InChI is InChI=1S/C5H9N.C2H4/c1-5(2)4-6-3;1-2/h4H,1H2,2-3H3;1-2H2. The quantitative estimate of drug-likeness (QED) is 0.363. The fraction of sp³-hybridized carbons (Fsp3) is 0.286. The lowest BCUT2D eigenvalue weighted by Gasteiger charge is -1.75. The molecule has 0 aromatic rings. The second kappa shape index (κ2) is 9.47. The first-order chi connectivity index (χ1) is 3.77. The highest BCUT2D eigenvalue weighted by Crippen LogP contribution is 1.75. The summed E-state index contributed by atoms with van der Waals surface area (Å²) in [4.78, 5) is 3.71. The van der Waals surface area contributed by atoms with Crippen molar-refractivity contribution in [1.82, 2.24) is 0 Å². The Kier molecular flexibility index (Phi) is 12.1. The fourth-order valence-electron chi connectivity index (χ4n) is 0.220. The highest BCUT2D eigenvalue weighted by atomic mass is 14.6. The Morgan fingerprint density at radius 2 is 1.88 bits per heavy atom. The van der Waals surface area contributed by atoms with Crippen LogP contribution in [0.3, 0.4) is 0 Å².